The zero-order valence-electron chi connectivity index (χ0n) is 7.92. The summed E-state index contributed by atoms with van der Waals surface area (Å²) in [5.74, 6) is 2.62. The largest absolute Gasteiger partial charge is 0.248 e. The molecule has 1 rings (SSSR count). The van der Waals surface area contributed by atoms with Crippen molar-refractivity contribution in [3.05, 3.63) is 16.1 Å². The molecule has 0 saturated carbocycles. The molecule has 0 aliphatic heterocycles. The molecule has 0 saturated heterocycles. The smallest absolute Gasteiger partial charge is 0.0996 e. The molecule has 0 fully saturated rings. The lowest BCUT2D eigenvalue weighted by molar-refractivity contribution is 0.890. The maximum atomic E-state index is 5.25. The van der Waals surface area contributed by atoms with Gasteiger partial charge in [0.1, 0.15) is 0 Å². The molecule has 1 aromatic heterocycles. The highest BCUT2D eigenvalue weighted by Gasteiger charge is 1.99. The first-order valence-electron chi connectivity index (χ1n) is 4.27. The van der Waals surface area contributed by atoms with Crippen LogP contribution in [0.25, 0.3) is 0 Å². The Balaban J connectivity index is 0.000000561. The Morgan fingerprint density at radius 3 is 2.75 bits per heavy atom. The molecule has 66 valence electrons. The normalized spacial score (nSPS) is 8.17. The molecule has 1 aromatic rings. The maximum absolute atomic E-state index is 5.25. The van der Waals surface area contributed by atoms with Crippen LogP contribution in [0, 0.1) is 12.3 Å². The van der Waals surface area contributed by atoms with Gasteiger partial charge in [-0.2, -0.15) is 0 Å². The van der Waals surface area contributed by atoms with E-state index in [1.54, 1.807) is 16.8 Å². The van der Waals surface area contributed by atoms with Crippen molar-refractivity contribution in [1.29, 1.82) is 0 Å². The zero-order chi connectivity index (χ0) is 9.40. The number of terminal acetylenes is 1. The van der Waals surface area contributed by atoms with E-state index < -0.39 is 0 Å². The molecule has 2 heteroatoms. The molecular weight excluding hydrogens is 166 g/mol. The van der Waals surface area contributed by atoms with E-state index in [1.807, 2.05) is 13.8 Å². The standard InChI is InChI=1S/C8H9NS.C2H6/c1-3-5-7-8(4-2)10-6-9-7;1-2/h2,6H,3,5H2,1H3;1-2H3. The quantitative estimate of drug-likeness (QED) is 0.639. The molecule has 1 nitrogen and oxygen atoms in total. The number of hydrogen-bond donors (Lipinski definition) is 0. The Kier molecular flexibility index (Phi) is 6.41. The van der Waals surface area contributed by atoms with Crippen molar-refractivity contribution in [2.45, 2.75) is 33.6 Å². The Bertz CT molecular complexity index is 245. The van der Waals surface area contributed by atoms with E-state index in [9.17, 15) is 0 Å². The monoisotopic (exact) mass is 181 g/mol. The highest BCUT2D eigenvalue weighted by molar-refractivity contribution is 7.10. The summed E-state index contributed by atoms with van der Waals surface area (Å²) in [6, 6.07) is 0. The fraction of sp³-hybridized carbons (Fsp3) is 0.500. The molecule has 0 spiro atoms. The summed E-state index contributed by atoms with van der Waals surface area (Å²) in [5, 5.41) is 0. The number of aromatic nitrogens is 1. The second kappa shape index (κ2) is 6.87. The van der Waals surface area contributed by atoms with Crippen molar-refractivity contribution >= 4 is 11.3 Å². The van der Waals surface area contributed by atoms with Crippen molar-refractivity contribution in [3.63, 3.8) is 0 Å². The van der Waals surface area contributed by atoms with Gasteiger partial charge in [-0.1, -0.05) is 33.1 Å². The van der Waals surface area contributed by atoms with Gasteiger partial charge in [0.15, 0.2) is 0 Å². The number of rotatable bonds is 2. The van der Waals surface area contributed by atoms with Gasteiger partial charge in [0.25, 0.3) is 0 Å². The lowest BCUT2D eigenvalue weighted by Crippen LogP contribution is -1.84. The molecule has 0 amide bonds. The third kappa shape index (κ3) is 3.06. The molecular formula is C10H15NS. The lowest BCUT2D eigenvalue weighted by Gasteiger charge is -1.90. The highest BCUT2D eigenvalue weighted by atomic mass is 32.1. The zero-order valence-corrected chi connectivity index (χ0v) is 8.74. The van der Waals surface area contributed by atoms with E-state index in [0.29, 0.717) is 0 Å². The average molecular weight is 181 g/mol. The average Bonchev–Trinajstić information content (AvgIpc) is 2.56. The Hall–Kier alpha value is -0.810. The number of nitrogens with zero attached hydrogens (tertiary/aromatic N) is 1. The van der Waals surface area contributed by atoms with Crippen LogP contribution >= 0.6 is 11.3 Å². The van der Waals surface area contributed by atoms with Crippen molar-refractivity contribution in [2.24, 2.45) is 0 Å². The maximum Gasteiger partial charge on any atom is 0.0996 e. The predicted octanol–water partition coefficient (Wildman–Crippen LogP) is 3.10. The second-order valence-electron chi connectivity index (χ2n) is 2.02. The van der Waals surface area contributed by atoms with Crippen LogP contribution in [-0.2, 0) is 6.42 Å². The molecule has 12 heavy (non-hydrogen) atoms. The minimum Gasteiger partial charge on any atom is -0.248 e. The number of aryl methyl sites for hydroxylation is 1. The molecule has 0 unspecified atom stereocenters. The Labute approximate surface area is 78.9 Å². The summed E-state index contributed by atoms with van der Waals surface area (Å²) in [4.78, 5) is 5.14. The van der Waals surface area contributed by atoms with Crippen LogP contribution in [0.4, 0.5) is 0 Å². The van der Waals surface area contributed by atoms with Crippen LogP contribution in [0.3, 0.4) is 0 Å². The van der Waals surface area contributed by atoms with E-state index in [1.165, 1.54) is 0 Å². The molecule has 0 aliphatic rings. The molecule has 0 N–H and O–H groups in total. The van der Waals surface area contributed by atoms with Gasteiger partial charge in [0, 0.05) is 0 Å². The minimum atomic E-state index is 0.988. The van der Waals surface area contributed by atoms with Gasteiger partial charge in [-0.25, -0.2) is 4.98 Å². The van der Waals surface area contributed by atoms with Gasteiger partial charge in [-0.15, -0.1) is 17.8 Å². The van der Waals surface area contributed by atoms with Crippen LogP contribution in [0.2, 0.25) is 0 Å². The summed E-state index contributed by atoms with van der Waals surface area (Å²) in [5.41, 5.74) is 2.88. The summed E-state index contributed by atoms with van der Waals surface area (Å²) in [7, 11) is 0. The van der Waals surface area contributed by atoms with Crippen molar-refractivity contribution in [1.82, 2.24) is 4.98 Å². The molecule has 0 aliphatic carbocycles. The van der Waals surface area contributed by atoms with E-state index in [4.69, 9.17) is 6.42 Å². The van der Waals surface area contributed by atoms with E-state index >= 15 is 0 Å². The predicted molar refractivity (Wildman–Crippen MR) is 55.4 cm³/mol. The third-order valence-corrected chi connectivity index (χ3v) is 2.06. The number of thiazole rings is 1. The fourth-order valence-corrected chi connectivity index (χ4v) is 1.45. The van der Waals surface area contributed by atoms with Crippen molar-refractivity contribution in [2.75, 3.05) is 0 Å². The van der Waals surface area contributed by atoms with Crippen molar-refractivity contribution in [3.8, 4) is 12.3 Å². The Morgan fingerprint density at radius 2 is 2.25 bits per heavy atom. The second-order valence-corrected chi connectivity index (χ2v) is 2.88. The van der Waals surface area contributed by atoms with Gasteiger partial charge >= 0.3 is 0 Å². The summed E-state index contributed by atoms with van der Waals surface area (Å²) < 4.78 is 0. The lowest BCUT2D eigenvalue weighted by atomic mass is 10.2. The van der Waals surface area contributed by atoms with Gasteiger partial charge < -0.3 is 0 Å². The van der Waals surface area contributed by atoms with E-state index in [0.717, 1.165) is 23.4 Å². The van der Waals surface area contributed by atoms with Gasteiger partial charge in [-0.05, 0) is 6.42 Å². The molecule has 1 heterocycles. The molecule has 0 aromatic carbocycles. The highest BCUT2D eigenvalue weighted by Crippen LogP contribution is 2.12. The van der Waals surface area contributed by atoms with Gasteiger partial charge in [0.05, 0.1) is 16.1 Å². The summed E-state index contributed by atoms with van der Waals surface area (Å²) in [6.07, 6.45) is 7.36. The fourth-order valence-electron chi connectivity index (χ4n) is 0.802. The van der Waals surface area contributed by atoms with E-state index in [2.05, 4.69) is 17.8 Å². The van der Waals surface area contributed by atoms with Gasteiger partial charge in [0.2, 0.25) is 0 Å². The topological polar surface area (TPSA) is 12.9 Å². The Morgan fingerprint density at radius 1 is 1.58 bits per heavy atom. The van der Waals surface area contributed by atoms with E-state index in [-0.39, 0.29) is 0 Å². The van der Waals surface area contributed by atoms with Gasteiger partial charge in [-0.3, -0.25) is 0 Å². The van der Waals surface area contributed by atoms with Crippen LogP contribution < -0.4 is 0 Å². The number of hydrogen-bond acceptors (Lipinski definition) is 2. The first kappa shape index (κ1) is 11.2. The summed E-state index contributed by atoms with van der Waals surface area (Å²) >= 11 is 1.54. The molecule has 0 atom stereocenters. The van der Waals surface area contributed by atoms with Crippen LogP contribution in [-0.4, -0.2) is 4.98 Å². The first-order valence-corrected chi connectivity index (χ1v) is 5.15. The minimum absolute atomic E-state index is 0.988. The third-order valence-electron chi connectivity index (χ3n) is 1.26. The SMILES string of the molecule is C#Cc1scnc1CCC.CC. The van der Waals surface area contributed by atoms with Crippen LogP contribution in [0.5, 0.6) is 0 Å². The van der Waals surface area contributed by atoms with Crippen LogP contribution in [0.15, 0.2) is 5.51 Å². The molecule has 0 bridgehead atoms. The van der Waals surface area contributed by atoms with Crippen LogP contribution in [0.1, 0.15) is 37.8 Å². The first-order chi connectivity index (χ1) is 5.88. The van der Waals surface area contributed by atoms with Crippen molar-refractivity contribution < 1.29 is 0 Å². The summed E-state index contributed by atoms with van der Waals surface area (Å²) in [6.45, 7) is 6.12. The molecule has 0 radical (unpaired) electrons.